The molecule has 9 heteroatoms. The van der Waals surface area contributed by atoms with Crippen molar-refractivity contribution in [1.29, 1.82) is 0 Å². The number of amides is 3. The molecule has 5 N–H and O–H groups in total. The van der Waals surface area contributed by atoms with Crippen LogP contribution in [0.5, 0.6) is 0 Å². The molecule has 1 atom stereocenters. The lowest BCUT2D eigenvalue weighted by atomic mass is 10.1. The third kappa shape index (κ3) is 7.16. The smallest absolute Gasteiger partial charge is 0.243 e. The van der Waals surface area contributed by atoms with E-state index in [-0.39, 0.29) is 30.8 Å². The molecule has 7 nitrogen and oxygen atoms in total. The summed E-state index contributed by atoms with van der Waals surface area (Å²) in [5.74, 6) is -1.11. The summed E-state index contributed by atoms with van der Waals surface area (Å²) in [6, 6.07) is 4.02. The maximum Gasteiger partial charge on any atom is 0.243 e. The average molecular weight is 377 g/mol. The SMILES string of the molecule is CC(=O)Nc1ccc(Cl)c(NC(=O)CNC(=O)[C@@H](N)C(C)C)c1.Cl. The largest absolute Gasteiger partial charge is 0.346 e. The molecule has 0 aliphatic rings. The fourth-order valence-electron chi connectivity index (χ4n) is 1.68. The van der Waals surface area contributed by atoms with Gasteiger partial charge in [-0.25, -0.2) is 0 Å². The van der Waals surface area contributed by atoms with Crippen molar-refractivity contribution in [2.45, 2.75) is 26.8 Å². The van der Waals surface area contributed by atoms with Crippen molar-refractivity contribution in [2.24, 2.45) is 11.7 Å². The molecule has 3 amide bonds. The minimum absolute atomic E-state index is 0. The van der Waals surface area contributed by atoms with E-state index in [2.05, 4.69) is 16.0 Å². The molecule has 134 valence electrons. The lowest BCUT2D eigenvalue weighted by Crippen LogP contribution is -2.46. The number of rotatable bonds is 6. The van der Waals surface area contributed by atoms with E-state index >= 15 is 0 Å². The third-order valence-electron chi connectivity index (χ3n) is 3.00. The lowest BCUT2D eigenvalue weighted by molar-refractivity contribution is -0.125. The first kappa shape index (κ1) is 22.2. The maximum absolute atomic E-state index is 11.9. The summed E-state index contributed by atoms with van der Waals surface area (Å²) < 4.78 is 0. The van der Waals surface area contributed by atoms with Gasteiger partial charge in [-0.2, -0.15) is 0 Å². The number of hydrogen-bond acceptors (Lipinski definition) is 4. The zero-order chi connectivity index (χ0) is 17.6. The van der Waals surface area contributed by atoms with Crippen molar-refractivity contribution in [2.75, 3.05) is 17.2 Å². The highest BCUT2D eigenvalue weighted by molar-refractivity contribution is 6.33. The van der Waals surface area contributed by atoms with Crippen LogP contribution in [-0.2, 0) is 14.4 Å². The Morgan fingerprint density at radius 2 is 1.83 bits per heavy atom. The molecule has 0 aliphatic heterocycles. The fourth-order valence-corrected chi connectivity index (χ4v) is 1.85. The number of hydrogen-bond donors (Lipinski definition) is 4. The normalized spacial score (nSPS) is 11.2. The van der Waals surface area contributed by atoms with Gasteiger partial charge in [0.2, 0.25) is 17.7 Å². The predicted molar refractivity (Wildman–Crippen MR) is 97.5 cm³/mol. The van der Waals surface area contributed by atoms with Crippen molar-refractivity contribution < 1.29 is 14.4 Å². The summed E-state index contributed by atoms with van der Waals surface area (Å²) in [5.41, 5.74) is 6.53. The van der Waals surface area contributed by atoms with Crippen LogP contribution in [0, 0.1) is 5.92 Å². The molecular formula is C15H22Cl2N4O3. The van der Waals surface area contributed by atoms with E-state index in [1.165, 1.54) is 13.0 Å². The summed E-state index contributed by atoms with van der Waals surface area (Å²) in [6.07, 6.45) is 0. The van der Waals surface area contributed by atoms with Gasteiger partial charge in [-0.05, 0) is 24.1 Å². The highest BCUT2D eigenvalue weighted by Crippen LogP contribution is 2.25. The molecule has 0 aromatic heterocycles. The van der Waals surface area contributed by atoms with Gasteiger partial charge in [0.05, 0.1) is 23.3 Å². The minimum atomic E-state index is -0.672. The van der Waals surface area contributed by atoms with Gasteiger partial charge < -0.3 is 21.7 Å². The van der Waals surface area contributed by atoms with Crippen LogP contribution >= 0.6 is 24.0 Å². The van der Waals surface area contributed by atoms with Gasteiger partial charge in [0, 0.05) is 12.6 Å². The molecular weight excluding hydrogens is 355 g/mol. The topological polar surface area (TPSA) is 113 Å². The minimum Gasteiger partial charge on any atom is -0.346 e. The second kappa shape index (κ2) is 10.1. The molecule has 0 unspecified atom stereocenters. The molecule has 0 heterocycles. The Kier molecular flexibility index (Phi) is 9.35. The quantitative estimate of drug-likeness (QED) is 0.605. The molecule has 24 heavy (non-hydrogen) atoms. The monoisotopic (exact) mass is 376 g/mol. The highest BCUT2D eigenvalue weighted by Gasteiger charge is 2.17. The highest BCUT2D eigenvalue weighted by atomic mass is 35.5. The van der Waals surface area contributed by atoms with Crippen LogP contribution in [0.3, 0.4) is 0 Å². The molecule has 0 fully saturated rings. The van der Waals surface area contributed by atoms with E-state index in [4.69, 9.17) is 17.3 Å². The standard InChI is InChI=1S/C15H21ClN4O3.ClH/c1-8(2)14(17)15(23)18-7-13(22)20-12-6-10(19-9(3)21)4-5-11(12)16;/h4-6,8,14H,7,17H2,1-3H3,(H,18,23)(H,19,21)(H,20,22);1H/t14-;/m0./s1. The van der Waals surface area contributed by atoms with Crippen molar-refractivity contribution >= 4 is 53.1 Å². The number of nitrogens with one attached hydrogen (secondary N) is 3. The van der Waals surface area contributed by atoms with Gasteiger partial charge in [-0.1, -0.05) is 25.4 Å². The predicted octanol–water partition coefficient (Wildman–Crippen LogP) is 1.76. The Hall–Kier alpha value is -1.83. The third-order valence-corrected chi connectivity index (χ3v) is 3.33. The molecule has 0 saturated carbocycles. The first-order valence-electron chi connectivity index (χ1n) is 7.11. The number of carbonyl (C=O) groups excluding carboxylic acids is 3. The van der Waals surface area contributed by atoms with E-state index in [1.54, 1.807) is 12.1 Å². The summed E-state index contributed by atoms with van der Waals surface area (Å²) in [4.78, 5) is 34.6. The van der Waals surface area contributed by atoms with Crippen LogP contribution < -0.4 is 21.7 Å². The van der Waals surface area contributed by atoms with Crippen molar-refractivity contribution in [3.8, 4) is 0 Å². The Bertz CT molecular complexity index is 608. The number of carbonyl (C=O) groups is 3. The van der Waals surface area contributed by atoms with Gasteiger partial charge in [0.15, 0.2) is 0 Å². The van der Waals surface area contributed by atoms with Crippen LogP contribution in [0.1, 0.15) is 20.8 Å². The van der Waals surface area contributed by atoms with E-state index in [0.29, 0.717) is 16.4 Å². The van der Waals surface area contributed by atoms with Gasteiger partial charge >= 0.3 is 0 Å². The molecule has 0 spiro atoms. The summed E-state index contributed by atoms with van der Waals surface area (Å²) in [6.45, 7) is 4.79. The molecule has 0 aliphatic carbocycles. The first-order valence-corrected chi connectivity index (χ1v) is 7.48. The van der Waals surface area contributed by atoms with Gasteiger partial charge in [0.25, 0.3) is 0 Å². The second-order valence-electron chi connectivity index (χ2n) is 5.41. The zero-order valence-corrected chi connectivity index (χ0v) is 15.3. The first-order chi connectivity index (χ1) is 10.7. The molecule has 1 rings (SSSR count). The van der Waals surface area contributed by atoms with Crippen LogP contribution in [-0.4, -0.2) is 30.3 Å². The second-order valence-corrected chi connectivity index (χ2v) is 5.82. The Morgan fingerprint density at radius 1 is 1.21 bits per heavy atom. The summed E-state index contributed by atoms with van der Waals surface area (Å²) in [5, 5.41) is 7.94. The van der Waals surface area contributed by atoms with E-state index < -0.39 is 17.9 Å². The average Bonchev–Trinajstić information content (AvgIpc) is 2.46. The lowest BCUT2D eigenvalue weighted by Gasteiger charge is -2.15. The van der Waals surface area contributed by atoms with Crippen LogP contribution in [0.15, 0.2) is 18.2 Å². The number of halogens is 2. The molecule has 0 radical (unpaired) electrons. The Balaban J connectivity index is 0.00000529. The number of nitrogens with two attached hydrogens (primary N) is 1. The molecule has 1 aromatic carbocycles. The Morgan fingerprint density at radius 3 is 2.38 bits per heavy atom. The van der Waals surface area contributed by atoms with E-state index in [1.807, 2.05) is 13.8 Å². The summed E-state index contributed by atoms with van der Waals surface area (Å²) >= 11 is 6.00. The molecule has 1 aromatic rings. The Labute approximate surface area is 152 Å². The maximum atomic E-state index is 11.9. The van der Waals surface area contributed by atoms with E-state index in [0.717, 1.165) is 0 Å². The number of anilines is 2. The van der Waals surface area contributed by atoms with Gasteiger partial charge in [-0.3, -0.25) is 14.4 Å². The molecule has 0 saturated heterocycles. The van der Waals surface area contributed by atoms with Crippen LogP contribution in [0.4, 0.5) is 11.4 Å². The number of benzene rings is 1. The van der Waals surface area contributed by atoms with Crippen molar-refractivity contribution in [1.82, 2.24) is 5.32 Å². The van der Waals surface area contributed by atoms with Crippen molar-refractivity contribution in [3.05, 3.63) is 23.2 Å². The van der Waals surface area contributed by atoms with Gasteiger partial charge in [-0.15, -0.1) is 12.4 Å². The van der Waals surface area contributed by atoms with Crippen LogP contribution in [0.2, 0.25) is 5.02 Å². The molecule has 0 bridgehead atoms. The van der Waals surface area contributed by atoms with Crippen molar-refractivity contribution in [3.63, 3.8) is 0 Å². The van der Waals surface area contributed by atoms with Crippen LogP contribution in [0.25, 0.3) is 0 Å². The van der Waals surface area contributed by atoms with E-state index in [9.17, 15) is 14.4 Å². The fraction of sp³-hybridized carbons (Fsp3) is 0.400. The van der Waals surface area contributed by atoms with Gasteiger partial charge in [0.1, 0.15) is 0 Å². The summed E-state index contributed by atoms with van der Waals surface area (Å²) in [7, 11) is 0. The zero-order valence-electron chi connectivity index (χ0n) is 13.7.